The number of nitrogens with zero attached hydrogens (tertiary/aromatic N) is 2. The van der Waals surface area contributed by atoms with Crippen LogP contribution in [0.15, 0.2) is 59.9 Å². The van der Waals surface area contributed by atoms with Gasteiger partial charge in [-0.15, -0.1) is 0 Å². The van der Waals surface area contributed by atoms with Gasteiger partial charge in [-0.3, -0.25) is 4.79 Å². The number of amides is 1. The number of hydrogen-bond acceptors (Lipinski definition) is 6. The van der Waals surface area contributed by atoms with Gasteiger partial charge < -0.3 is 19.8 Å². The standard InChI is InChI=1S/C24H31N5O4S/c30-24(20-7-10-23-26-13-14-29(23)18-20)27-16-19-5-8-22(9-6-19)34(31,32)28-17-21-4-1-2-11-25-12-3-15-33-21/h5-10,13-14,18,21,25,28H,1-4,11-12,15-17H2,(H,27,30). The van der Waals surface area contributed by atoms with Crippen LogP contribution in [0.2, 0.25) is 0 Å². The van der Waals surface area contributed by atoms with E-state index < -0.39 is 10.0 Å². The minimum atomic E-state index is -3.64. The molecule has 1 atom stereocenters. The molecule has 9 nitrogen and oxygen atoms in total. The zero-order valence-electron chi connectivity index (χ0n) is 19.1. The summed E-state index contributed by atoms with van der Waals surface area (Å²) in [5, 5.41) is 6.22. The third kappa shape index (κ3) is 6.63. The Bertz CT molecular complexity index is 1180. The van der Waals surface area contributed by atoms with Gasteiger partial charge in [0.15, 0.2) is 0 Å². The first kappa shape index (κ1) is 24.3. The van der Waals surface area contributed by atoms with Gasteiger partial charge in [0.05, 0.1) is 16.6 Å². The maximum absolute atomic E-state index is 12.7. The summed E-state index contributed by atoms with van der Waals surface area (Å²) < 4.78 is 35.8. The summed E-state index contributed by atoms with van der Waals surface area (Å²) in [4.78, 5) is 16.8. The Morgan fingerprint density at radius 1 is 1.12 bits per heavy atom. The van der Waals surface area contributed by atoms with Crippen LogP contribution in [0.4, 0.5) is 0 Å². The fraction of sp³-hybridized carbons (Fsp3) is 0.417. The van der Waals surface area contributed by atoms with Crippen molar-refractivity contribution < 1.29 is 17.9 Å². The summed E-state index contributed by atoms with van der Waals surface area (Å²) in [5.41, 5.74) is 2.10. The van der Waals surface area contributed by atoms with Crippen molar-refractivity contribution in [1.82, 2.24) is 24.7 Å². The van der Waals surface area contributed by atoms with E-state index in [0.717, 1.165) is 50.0 Å². The van der Waals surface area contributed by atoms with Crippen molar-refractivity contribution in [1.29, 1.82) is 0 Å². The van der Waals surface area contributed by atoms with Crippen molar-refractivity contribution >= 4 is 21.6 Å². The highest BCUT2D eigenvalue weighted by atomic mass is 32.2. The number of hydrogen-bond donors (Lipinski definition) is 3. The monoisotopic (exact) mass is 485 g/mol. The van der Waals surface area contributed by atoms with E-state index in [4.69, 9.17) is 4.74 Å². The Morgan fingerprint density at radius 2 is 1.94 bits per heavy atom. The van der Waals surface area contributed by atoms with Crippen molar-refractivity contribution in [3.63, 3.8) is 0 Å². The average Bonchev–Trinajstić information content (AvgIpc) is 3.33. The second kappa shape index (κ2) is 11.6. The molecule has 1 aromatic carbocycles. The number of ether oxygens (including phenoxy) is 1. The number of pyridine rings is 1. The van der Waals surface area contributed by atoms with Crippen molar-refractivity contribution in [2.75, 3.05) is 26.2 Å². The van der Waals surface area contributed by atoms with Crippen LogP contribution in [-0.2, 0) is 21.3 Å². The first-order valence-electron chi connectivity index (χ1n) is 11.6. The average molecular weight is 486 g/mol. The zero-order valence-corrected chi connectivity index (χ0v) is 19.9. The van der Waals surface area contributed by atoms with E-state index >= 15 is 0 Å². The van der Waals surface area contributed by atoms with Gasteiger partial charge >= 0.3 is 0 Å². The highest BCUT2D eigenvalue weighted by molar-refractivity contribution is 7.89. The lowest BCUT2D eigenvalue weighted by Crippen LogP contribution is -2.35. The molecule has 34 heavy (non-hydrogen) atoms. The number of sulfonamides is 1. The lowest BCUT2D eigenvalue weighted by atomic mass is 10.1. The molecular weight excluding hydrogens is 454 g/mol. The van der Waals surface area contributed by atoms with Gasteiger partial charge in [0.1, 0.15) is 5.65 Å². The number of rotatable bonds is 7. The topological polar surface area (TPSA) is 114 Å². The van der Waals surface area contributed by atoms with Crippen LogP contribution < -0.4 is 15.4 Å². The largest absolute Gasteiger partial charge is 0.377 e. The molecule has 2 aromatic heterocycles. The summed E-state index contributed by atoms with van der Waals surface area (Å²) in [5.74, 6) is -0.213. The third-order valence-electron chi connectivity index (χ3n) is 5.82. The van der Waals surface area contributed by atoms with Crippen LogP contribution in [0.3, 0.4) is 0 Å². The SMILES string of the molecule is O=C(NCc1ccc(S(=O)(=O)NCC2CCCCNCCCO2)cc1)c1ccc2nccn2c1. The lowest BCUT2D eigenvalue weighted by Gasteiger charge is -2.20. The van der Waals surface area contributed by atoms with Crippen LogP contribution in [-0.4, -0.2) is 56.1 Å². The summed E-state index contributed by atoms with van der Waals surface area (Å²) in [6, 6.07) is 10.0. The number of nitrogens with one attached hydrogen (secondary N) is 3. The molecule has 0 radical (unpaired) electrons. The zero-order chi connectivity index (χ0) is 23.8. The van der Waals surface area contributed by atoms with Crippen LogP contribution in [0, 0.1) is 0 Å². The minimum absolute atomic E-state index is 0.121. The summed E-state index contributed by atoms with van der Waals surface area (Å²) in [6.07, 6.45) is 8.85. The van der Waals surface area contributed by atoms with Crippen LogP contribution in [0.25, 0.3) is 5.65 Å². The molecule has 4 rings (SSSR count). The van der Waals surface area contributed by atoms with Gasteiger partial charge in [0.2, 0.25) is 10.0 Å². The fourth-order valence-corrected chi connectivity index (χ4v) is 4.92. The third-order valence-corrected chi connectivity index (χ3v) is 7.26. The van der Waals surface area contributed by atoms with E-state index in [-0.39, 0.29) is 23.5 Å². The molecule has 0 aliphatic carbocycles. The smallest absolute Gasteiger partial charge is 0.253 e. The number of benzene rings is 1. The van der Waals surface area contributed by atoms with E-state index in [0.29, 0.717) is 18.7 Å². The van der Waals surface area contributed by atoms with Crippen molar-refractivity contribution in [2.45, 2.75) is 43.2 Å². The Labute approximate surface area is 200 Å². The van der Waals surface area contributed by atoms with E-state index in [1.807, 2.05) is 0 Å². The van der Waals surface area contributed by atoms with E-state index in [1.54, 1.807) is 59.4 Å². The molecular formula is C24H31N5O4S. The second-order valence-corrected chi connectivity index (χ2v) is 10.1. The summed E-state index contributed by atoms with van der Waals surface area (Å²) >= 11 is 0. The van der Waals surface area contributed by atoms with Crippen molar-refractivity contribution in [3.8, 4) is 0 Å². The Kier molecular flexibility index (Phi) is 8.28. The Morgan fingerprint density at radius 3 is 2.79 bits per heavy atom. The minimum Gasteiger partial charge on any atom is -0.377 e. The molecule has 1 aliphatic rings. The molecule has 3 N–H and O–H groups in total. The summed E-state index contributed by atoms with van der Waals surface area (Å²) in [7, 11) is -3.64. The molecule has 0 bridgehead atoms. The normalized spacial score (nSPS) is 17.9. The van der Waals surface area contributed by atoms with Crippen molar-refractivity contribution in [2.24, 2.45) is 0 Å². The van der Waals surface area contributed by atoms with Crippen molar-refractivity contribution in [3.05, 3.63) is 66.1 Å². The van der Waals surface area contributed by atoms with Crippen LogP contribution in [0.5, 0.6) is 0 Å². The molecule has 1 fully saturated rings. The lowest BCUT2D eigenvalue weighted by molar-refractivity contribution is 0.0460. The fourth-order valence-electron chi connectivity index (χ4n) is 3.85. The van der Waals surface area contributed by atoms with Gasteiger partial charge in [0.25, 0.3) is 5.91 Å². The summed E-state index contributed by atoms with van der Waals surface area (Å²) in [6.45, 7) is 3.08. The van der Waals surface area contributed by atoms with E-state index in [2.05, 4.69) is 20.3 Å². The molecule has 1 saturated heterocycles. The first-order chi connectivity index (χ1) is 16.5. The van der Waals surface area contributed by atoms with Gasteiger partial charge in [-0.25, -0.2) is 18.1 Å². The molecule has 0 spiro atoms. The van der Waals surface area contributed by atoms with Crippen LogP contribution in [0.1, 0.15) is 41.6 Å². The Hall–Kier alpha value is -2.79. The molecule has 10 heteroatoms. The Balaban J connectivity index is 1.29. The number of fused-ring (bicyclic) bond motifs is 1. The second-order valence-electron chi connectivity index (χ2n) is 8.38. The highest BCUT2D eigenvalue weighted by Crippen LogP contribution is 2.13. The maximum Gasteiger partial charge on any atom is 0.253 e. The number of carbonyl (C=O) groups excluding carboxylic acids is 1. The van der Waals surface area contributed by atoms with Gasteiger partial charge in [-0.2, -0.15) is 0 Å². The molecule has 0 saturated carbocycles. The van der Waals surface area contributed by atoms with Gasteiger partial charge in [0, 0.05) is 38.3 Å². The molecule has 3 heterocycles. The highest BCUT2D eigenvalue weighted by Gasteiger charge is 2.18. The van der Waals surface area contributed by atoms with Gasteiger partial charge in [-0.05, 0) is 68.6 Å². The predicted molar refractivity (Wildman–Crippen MR) is 129 cm³/mol. The van der Waals surface area contributed by atoms with E-state index in [1.165, 1.54) is 0 Å². The number of imidazole rings is 1. The van der Waals surface area contributed by atoms with Crippen LogP contribution >= 0.6 is 0 Å². The maximum atomic E-state index is 12.7. The molecule has 3 aromatic rings. The number of carbonyl (C=O) groups is 1. The quantitative estimate of drug-likeness (QED) is 0.472. The first-order valence-corrected chi connectivity index (χ1v) is 13.1. The molecule has 1 aliphatic heterocycles. The van der Waals surface area contributed by atoms with E-state index in [9.17, 15) is 13.2 Å². The molecule has 182 valence electrons. The predicted octanol–water partition coefficient (Wildman–Crippen LogP) is 2.09. The molecule has 1 unspecified atom stereocenters. The number of aromatic nitrogens is 2. The van der Waals surface area contributed by atoms with Gasteiger partial charge in [-0.1, -0.05) is 12.1 Å². The molecule has 1 amide bonds.